The van der Waals surface area contributed by atoms with Gasteiger partial charge in [-0.3, -0.25) is 9.69 Å². The lowest BCUT2D eigenvalue weighted by Gasteiger charge is -2.24. The SMILES string of the molecule is CC(CNC(=O)c1cc(-c2ccco2)nn1-c1ccccc1)N(C)C1CC1. The van der Waals surface area contributed by atoms with Gasteiger partial charge >= 0.3 is 0 Å². The molecule has 1 fully saturated rings. The number of amides is 1. The molecule has 1 unspecified atom stereocenters. The Hall–Kier alpha value is -2.86. The van der Waals surface area contributed by atoms with Crippen LogP contribution in [0.25, 0.3) is 17.1 Å². The van der Waals surface area contributed by atoms with E-state index >= 15 is 0 Å². The zero-order chi connectivity index (χ0) is 18.8. The van der Waals surface area contributed by atoms with Gasteiger partial charge in [-0.25, -0.2) is 4.68 Å². The number of furan rings is 1. The predicted octanol–water partition coefficient (Wildman–Crippen LogP) is 3.34. The number of carbonyl (C=O) groups excluding carboxylic acids is 1. The third-order valence-corrected chi connectivity index (χ3v) is 5.09. The lowest BCUT2D eigenvalue weighted by atomic mass is 10.2. The van der Waals surface area contributed by atoms with Gasteiger partial charge in [-0.15, -0.1) is 0 Å². The summed E-state index contributed by atoms with van der Waals surface area (Å²) >= 11 is 0. The second kappa shape index (κ2) is 7.40. The summed E-state index contributed by atoms with van der Waals surface area (Å²) in [6.07, 6.45) is 4.11. The highest BCUT2D eigenvalue weighted by Gasteiger charge is 2.29. The highest BCUT2D eigenvalue weighted by Crippen LogP contribution is 2.27. The van der Waals surface area contributed by atoms with Crippen molar-refractivity contribution in [1.29, 1.82) is 0 Å². The van der Waals surface area contributed by atoms with Gasteiger partial charge in [0.25, 0.3) is 5.91 Å². The van der Waals surface area contributed by atoms with Gasteiger partial charge in [-0.2, -0.15) is 5.10 Å². The van der Waals surface area contributed by atoms with Crippen LogP contribution in [0.5, 0.6) is 0 Å². The highest BCUT2D eigenvalue weighted by atomic mass is 16.3. The molecule has 2 aromatic heterocycles. The molecule has 1 aromatic carbocycles. The van der Waals surface area contributed by atoms with Crippen LogP contribution in [0.1, 0.15) is 30.3 Å². The molecule has 140 valence electrons. The van der Waals surface area contributed by atoms with Crippen molar-refractivity contribution in [3.8, 4) is 17.1 Å². The van der Waals surface area contributed by atoms with Crippen LogP contribution in [0, 0.1) is 0 Å². The minimum atomic E-state index is -0.139. The molecule has 1 aliphatic carbocycles. The van der Waals surface area contributed by atoms with E-state index in [0.29, 0.717) is 35.8 Å². The summed E-state index contributed by atoms with van der Waals surface area (Å²) in [6.45, 7) is 2.74. The Balaban J connectivity index is 1.57. The molecule has 0 radical (unpaired) electrons. The van der Waals surface area contributed by atoms with Crippen LogP contribution in [0.4, 0.5) is 0 Å². The Morgan fingerprint density at radius 3 is 2.74 bits per heavy atom. The first-order valence-electron chi connectivity index (χ1n) is 9.33. The monoisotopic (exact) mass is 364 g/mol. The molecule has 1 atom stereocenters. The van der Waals surface area contributed by atoms with Crippen molar-refractivity contribution in [1.82, 2.24) is 20.0 Å². The number of carbonyl (C=O) groups is 1. The van der Waals surface area contributed by atoms with Gasteiger partial charge in [0.2, 0.25) is 0 Å². The zero-order valence-corrected chi connectivity index (χ0v) is 15.6. The lowest BCUT2D eigenvalue weighted by molar-refractivity contribution is 0.0931. The Labute approximate surface area is 158 Å². The van der Waals surface area contributed by atoms with Crippen molar-refractivity contribution in [3.63, 3.8) is 0 Å². The summed E-state index contributed by atoms with van der Waals surface area (Å²) < 4.78 is 7.12. The van der Waals surface area contributed by atoms with E-state index < -0.39 is 0 Å². The molecule has 6 heteroatoms. The van der Waals surface area contributed by atoms with Gasteiger partial charge in [0.1, 0.15) is 11.4 Å². The van der Waals surface area contributed by atoms with Gasteiger partial charge in [0.15, 0.2) is 5.76 Å². The van der Waals surface area contributed by atoms with Crippen LogP contribution < -0.4 is 5.32 Å². The summed E-state index contributed by atoms with van der Waals surface area (Å²) in [5.74, 6) is 0.501. The Morgan fingerprint density at radius 1 is 1.30 bits per heavy atom. The molecule has 27 heavy (non-hydrogen) atoms. The fourth-order valence-corrected chi connectivity index (χ4v) is 3.17. The first-order chi connectivity index (χ1) is 13.1. The number of likely N-dealkylation sites (N-methyl/N-ethyl adjacent to an activating group) is 1. The van der Waals surface area contributed by atoms with Crippen LogP contribution >= 0.6 is 0 Å². The smallest absolute Gasteiger partial charge is 0.270 e. The first kappa shape index (κ1) is 17.5. The lowest BCUT2D eigenvalue weighted by Crippen LogP contribution is -2.41. The summed E-state index contributed by atoms with van der Waals surface area (Å²) in [7, 11) is 2.12. The minimum absolute atomic E-state index is 0.139. The van der Waals surface area contributed by atoms with E-state index in [4.69, 9.17) is 4.42 Å². The van der Waals surface area contributed by atoms with Crippen molar-refractivity contribution >= 4 is 5.91 Å². The number of nitrogens with one attached hydrogen (secondary N) is 1. The fraction of sp³-hybridized carbons (Fsp3) is 0.333. The van der Waals surface area contributed by atoms with E-state index in [2.05, 4.69) is 29.3 Å². The van der Waals surface area contributed by atoms with Crippen molar-refractivity contribution in [3.05, 3.63) is 60.5 Å². The molecule has 1 aliphatic rings. The van der Waals surface area contributed by atoms with Gasteiger partial charge in [0.05, 0.1) is 12.0 Å². The maximum Gasteiger partial charge on any atom is 0.270 e. The second-order valence-corrected chi connectivity index (χ2v) is 7.10. The molecule has 3 aromatic rings. The number of hydrogen-bond donors (Lipinski definition) is 1. The van der Waals surface area contributed by atoms with Crippen molar-refractivity contribution in [2.45, 2.75) is 31.8 Å². The molecule has 6 nitrogen and oxygen atoms in total. The fourth-order valence-electron chi connectivity index (χ4n) is 3.17. The summed E-state index contributed by atoms with van der Waals surface area (Å²) in [5.41, 5.74) is 1.97. The van der Waals surface area contributed by atoms with Gasteiger partial charge in [-0.1, -0.05) is 18.2 Å². The van der Waals surface area contributed by atoms with E-state index in [1.165, 1.54) is 12.8 Å². The number of nitrogens with zero attached hydrogens (tertiary/aromatic N) is 3. The number of benzene rings is 1. The van der Waals surface area contributed by atoms with Crippen molar-refractivity contribution < 1.29 is 9.21 Å². The van der Waals surface area contributed by atoms with E-state index in [-0.39, 0.29) is 5.91 Å². The average molecular weight is 364 g/mol. The normalized spacial score (nSPS) is 15.1. The molecule has 2 heterocycles. The van der Waals surface area contributed by atoms with Crippen LogP contribution in [0.2, 0.25) is 0 Å². The molecular weight excluding hydrogens is 340 g/mol. The first-order valence-corrected chi connectivity index (χ1v) is 9.33. The number of rotatable bonds is 7. The molecule has 1 N–H and O–H groups in total. The molecule has 0 saturated heterocycles. The van der Waals surface area contributed by atoms with E-state index in [0.717, 1.165) is 5.69 Å². The molecule has 0 bridgehead atoms. The third-order valence-electron chi connectivity index (χ3n) is 5.09. The summed E-state index contributed by atoms with van der Waals surface area (Å²) in [4.78, 5) is 15.2. The minimum Gasteiger partial charge on any atom is -0.463 e. The van der Waals surface area contributed by atoms with Crippen molar-refractivity contribution in [2.24, 2.45) is 0 Å². The van der Waals surface area contributed by atoms with E-state index in [1.54, 1.807) is 17.0 Å². The quantitative estimate of drug-likeness (QED) is 0.698. The topological polar surface area (TPSA) is 63.3 Å². The molecule has 1 amide bonds. The maximum absolute atomic E-state index is 12.9. The molecular formula is C21H24N4O2. The van der Waals surface area contributed by atoms with E-state index in [9.17, 15) is 4.79 Å². The summed E-state index contributed by atoms with van der Waals surface area (Å²) in [5, 5.41) is 7.66. The summed E-state index contributed by atoms with van der Waals surface area (Å²) in [6, 6.07) is 16.0. The number of aromatic nitrogens is 2. The standard InChI is InChI=1S/C21H24N4O2/c1-15(24(2)16-10-11-16)14-22-21(26)19-13-18(20-9-6-12-27-20)23-25(19)17-7-4-3-5-8-17/h3-9,12-13,15-16H,10-11,14H2,1-2H3,(H,22,26). The third kappa shape index (κ3) is 3.80. The second-order valence-electron chi connectivity index (χ2n) is 7.10. The van der Waals surface area contributed by atoms with Gasteiger partial charge in [0, 0.05) is 24.7 Å². The number of para-hydroxylation sites is 1. The average Bonchev–Trinajstić information content (AvgIpc) is 3.21. The predicted molar refractivity (Wildman–Crippen MR) is 104 cm³/mol. The number of hydrogen-bond acceptors (Lipinski definition) is 4. The molecule has 0 aliphatic heterocycles. The Kier molecular flexibility index (Phi) is 4.81. The van der Waals surface area contributed by atoms with Crippen LogP contribution in [-0.2, 0) is 0 Å². The maximum atomic E-state index is 12.9. The van der Waals surface area contributed by atoms with Crippen LogP contribution in [0.3, 0.4) is 0 Å². The van der Waals surface area contributed by atoms with Crippen LogP contribution in [-0.4, -0.2) is 46.3 Å². The Morgan fingerprint density at radius 2 is 2.07 bits per heavy atom. The highest BCUT2D eigenvalue weighted by molar-refractivity contribution is 5.94. The zero-order valence-electron chi connectivity index (χ0n) is 15.6. The van der Waals surface area contributed by atoms with Crippen molar-refractivity contribution in [2.75, 3.05) is 13.6 Å². The van der Waals surface area contributed by atoms with Gasteiger partial charge in [-0.05, 0) is 51.1 Å². The Bertz CT molecular complexity index is 898. The van der Waals surface area contributed by atoms with Crippen LogP contribution in [0.15, 0.2) is 59.2 Å². The van der Waals surface area contributed by atoms with E-state index in [1.807, 2.05) is 42.5 Å². The molecule has 0 spiro atoms. The molecule has 1 saturated carbocycles. The largest absolute Gasteiger partial charge is 0.463 e. The van der Waals surface area contributed by atoms with Gasteiger partial charge < -0.3 is 9.73 Å². The molecule has 4 rings (SSSR count).